The van der Waals surface area contributed by atoms with E-state index in [0.717, 1.165) is 0 Å². The molecule has 1 aromatic heterocycles. The van der Waals surface area contributed by atoms with E-state index in [-0.39, 0.29) is 36.4 Å². The number of aromatic amines is 1. The molecule has 1 atom stereocenters. The van der Waals surface area contributed by atoms with Crippen molar-refractivity contribution < 1.29 is 9.59 Å². The molecule has 0 aliphatic carbocycles. The standard InChI is InChI=1S/C23H25N5O3/c1-3-27(13-20-24-17-9-5-4-8-16(17)23(31)26-20)14-22(30)28-15(2)12-21(29)25-18-10-6-7-11-19(18)28/h4-11,15H,3,12-14H2,1-2H3,(H,25,29)(H,24,26,31). The van der Waals surface area contributed by atoms with Crippen molar-refractivity contribution in [3.8, 4) is 0 Å². The number of H-pyrrole nitrogens is 1. The highest BCUT2D eigenvalue weighted by molar-refractivity contribution is 6.04. The molecule has 0 fully saturated rings. The Hall–Kier alpha value is -3.52. The average Bonchev–Trinajstić information content (AvgIpc) is 2.87. The number of hydrogen-bond donors (Lipinski definition) is 2. The van der Waals surface area contributed by atoms with Gasteiger partial charge in [0.15, 0.2) is 0 Å². The van der Waals surface area contributed by atoms with E-state index in [2.05, 4.69) is 15.3 Å². The van der Waals surface area contributed by atoms with Gasteiger partial charge in [-0.05, 0) is 37.7 Å². The van der Waals surface area contributed by atoms with E-state index >= 15 is 0 Å². The molecule has 4 rings (SSSR count). The van der Waals surface area contributed by atoms with Gasteiger partial charge in [0.05, 0.1) is 35.4 Å². The fourth-order valence-electron chi connectivity index (χ4n) is 3.94. The molecular weight excluding hydrogens is 394 g/mol. The van der Waals surface area contributed by atoms with E-state index in [1.165, 1.54) is 0 Å². The van der Waals surface area contributed by atoms with Crippen LogP contribution >= 0.6 is 0 Å². The zero-order chi connectivity index (χ0) is 22.0. The number of nitrogens with zero attached hydrogens (tertiary/aromatic N) is 3. The minimum atomic E-state index is -0.270. The molecule has 2 aromatic carbocycles. The predicted molar refractivity (Wildman–Crippen MR) is 120 cm³/mol. The van der Waals surface area contributed by atoms with Crippen molar-refractivity contribution in [2.75, 3.05) is 23.3 Å². The second-order valence-electron chi connectivity index (χ2n) is 7.72. The Balaban J connectivity index is 1.57. The molecule has 8 nitrogen and oxygen atoms in total. The summed E-state index contributed by atoms with van der Waals surface area (Å²) in [6.07, 6.45) is 0.228. The maximum atomic E-state index is 13.3. The van der Waals surface area contributed by atoms with E-state index in [4.69, 9.17) is 0 Å². The van der Waals surface area contributed by atoms with E-state index < -0.39 is 0 Å². The number of hydrogen-bond acceptors (Lipinski definition) is 5. The van der Waals surface area contributed by atoms with Gasteiger partial charge >= 0.3 is 0 Å². The Kier molecular flexibility index (Phi) is 5.81. The molecule has 3 aromatic rings. The largest absolute Gasteiger partial charge is 0.324 e. The molecule has 2 N–H and O–H groups in total. The molecule has 0 saturated heterocycles. The number of likely N-dealkylation sites (N-methyl/N-ethyl adjacent to an activating group) is 1. The minimum absolute atomic E-state index is 0.110. The van der Waals surface area contributed by atoms with Gasteiger partial charge < -0.3 is 15.2 Å². The van der Waals surface area contributed by atoms with Crippen LogP contribution in [0.25, 0.3) is 10.9 Å². The van der Waals surface area contributed by atoms with Gasteiger partial charge in [-0.3, -0.25) is 19.3 Å². The number of anilines is 2. The first kappa shape index (κ1) is 20.7. The topological polar surface area (TPSA) is 98.4 Å². The molecule has 160 valence electrons. The summed E-state index contributed by atoms with van der Waals surface area (Å²) in [5.41, 5.74) is 1.76. The van der Waals surface area contributed by atoms with Crippen molar-refractivity contribution in [1.82, 2.24) is 14.9 Å². The van der Waals surface area contributed by atoms with Crippen molar-refractivity contribution in [3.05, 3.63) is 64.7 Å². The fourth-order valence-corrected chi connectivity index (χ4v) is 3.94. The molecule has 1 aliphatic heterocycles. The highest BCUT2D eigenvalue weighted by Gasteiger charge is 2.30. The van der Waals surface area contributed by atoms with Gasteiger partial charge in [-0.1, -0.05) is 31.2 Å². The highest BCUT2D eigenvalue weighted by atomic mass is 16.2. The average molecular weight is 419 g/mol. The van der Waals surface area contributed by atoms with E-state index in [0.29, 0.717) is 41.2 Å². The second kappa shape index (κ2) is 8.69. The van der Waals surface area contributed by atoms with Crippen LogP contribution in [0.1, 0.15) is 26.1 Å². The second-order valence-corrected chi connectivity index (χ2v) is 7.72. The Morgan fingerprint density at radius 2 is 1.90 bits per heavy atom. The predicted octanol–water partition coefficient (Wildman–Crippen LogP) is 2.51. The number of carbonyl (C=O) groups is 2. The first-order valence-electron chi connectivity index (χ1n) is 10.4. The number of para-hydroxylation sites is 3. The zero-order valence-electron chi connectivity index (χ0n) is 17.6. The smallest absolute Gasteiger partial charge is 0.258 e. The van der Waals surface area contributed by atoms with Crippen LogP contribution in [0, 0.1) is 0 Å². The maximum absolute atomic E-state index is 13.3. The van der Waals surface area contributed by atoms with Crippen LogP contribution in [-0.2, 0) is 16.1 Å². The summed E-state index contributed by atoms with van der Waals surface area (Å²) in [6, 6.07) is 14.2. The normalized spacial score (nSPS) is 16.2. The van der Waals surface area contributed by atoms with E-state index in [1.807, 2.05) is 43.0 Å². The van der Waals surface area contributed by atoms with Gasteiger partial charge in [0.1, 0.15) is 5.82 Å². The van der Waals surface area contributed by atoms with Crippen molar-refractivity contribution in [2.45, 2.75) is 32.9 Å². The summed E-state index contributed by atoms with van der Waals surface area (Å²) in [4.78, 5) is 48.8. The summed E-state index contributed by atoms with van der Waals surface area (Å²) in [7, 11) is 0. The van der Waals surface area contributed by atoms with Gasteiger partial charge in [0.2, 0.25) is 11.8 Å². The Morgan fingerprint density at radius 3 is 2.71 bits per heavy atom. The maximum Gasteiger partial charge on any atom is 0.258 e. The van der Waals surface area contributed by atoms with Crippen molar-refractivity contribution in [2.24, 2.45) is 0 Å². The Morgan fingerprint density at radius 1 is 1.16 bits per heavy atom. The molecule has 0 saturated carbocycles. The molecule has 0 spiro atoms. The van der Waals surface area contributed by atoms with Gasteiger partial charge in [-0.15, -0.1) is 0 Å². The third-order valence-electron chi connectivity index (χ3n) is 5.47. The fraction of sp³-hybridized carbons (Fsp3) is 0.304. The van der Waals surface area contributed by atoms with Crippen LogP contribution in [0.2, 0.25) is 0 Å². The van der Waals surface area contributed by atoms with Crippen molar-refractivity contribution in [1.29, 1.82) is 0 Å². The SMILES string of the molecule is CCN(CC(=O)N1c2ccccc2NC(=O)CC1C)Cc1nc2ccccc2c(=O)[nH]1. The molecule has 0 radical (unpaired) electrons. The number of amides is 2. The third kappa shape index (κ3) is 4.34. The van der Waals surface area contributed by atoms with Crippen molar-refractivity contribution in [3.63, 3.8) is 0 Å². The van der Waals surface area contributed by atoms with Gasteiger partial charge in [-0.25, -0.2) is 4.98 Å². The van der Waals surface area contributed by atoms with E-state index in [1.54, 1.807) is 29.2 Å². The van der Waals surface area contributed by atoms with Crippen LogP contribution in [0.3, 0.4) is 0 Å². The highest BCUT2D eigenvalue weighted by Crippen LogP contribution is 2.31. The first-order chi connectivity index (χ1) is 15.0. The van der Waals surface area contributed by atoms with Crippen LogP contribution in [0.4, 0.5) is 11.4 Å². The summed E-state index contributed by atoms with van der Waals surface area (Å²) in [5.74, 6) is 0.293. The van der Waals surface area contributed by atoms with E-state index in [9.17, 15) is 14.4 Å². The van der Waals surface area contributed by atoms with Crippen LogP contribution < -0.4 is 15.8 Å². The first-order valence-corrected chi connectivity index (χ1v) is 10.4. The molecule has 8 heteroatoms. The van der Waals surface area contributed by atoms with Gasteiger partial charge in [0, 0.05) is 12.5 Å². The molecule has 1 aliphatic rings. The number of nitrogens with one attached hydrogen (secondary N) is 2. The molecule has 31 heavy (non-hydrogen) atoms. The quantitative estimate of drug-likeness (QED) is 0.662. The zero-order valence-corrected chi connectivity index (χ0v) is 17.6. The minimum Gasteiger partial charge on any atom is -0.324 e. The summed E-state index contributed by atoms with van der Waals surface area (Å²) < 4.78 is 0. The van der Waals surface area contributed by atoms with Crippen LogP contribution in [-0.4, -0.2) is 45.8 Å². The molecule has 0 bridgehead atoms. The van der Waals surface area contributed by atoms with Crippen LogP contribution in [0.15, 0.2) is 53.3 Å². The lowest BCUT2D eigenvalue weighted by molar-refractivity contribution is -0.120. The summed E-state index contributed by atoms with van der Waals surface area (Å²) in [6.45, 7) is 4.90. The molecule has 2 heterocycles. The number of fused-ring (bicyclic) bond motifs is 2. The van der Waals surface area contributed by atoms with Crippen molar-refractivity contribution >= 4 is 34.1 Å². The van der Waals surface area contributed by atoms with Gasteiger partial charge in [-0.2, -0.15) is 0 Å². The van der Waals surface area contributed by atoms with Crippen LogP contribution in [0.5, 0.6) is 0 Å². The lowest BCUT2D eigenvalue weighted by Crippen LogP contribution is -2.45. The molecule has 2 amide bonds. The number of rotatable bonds is 5. The number of benzene rings is 2. The Labute approximate surface area is 179 Å². The lowest BCUT2D eigenvalue weighted by Gasteiger charge is -2.30. The number of aromatic nitrogens is 2. The lowest BCUT2D eigenvalue weighted by atomic mass is 10.1. The monoisotopic (exact) mass is 419 g/mol. The molecular formula is C23H25N5O3. The molecule has 1 unspecified atom stereocenters. The summed E-state index contributed by atoms with van der Waals surface area (Å²) in [5, 5.41) is 3.41. The number of carbonyl (C=O) groups excluding carboxylic acids is 2. The third-order valence-corrected chi connectivity index (χ3v) is 5.47. The Bertz CT molecular complexity index is 1190. The van der Waals surface area contributed by atoms with Gasteiger partial charge in [0.25, 0.3) is 5.56 Å². The summed E-state index contributed by atoms with van der Waals surface area (Å²) >= 11 is 0.